The van der Waals surface area contributed by atoms with Crippen molar-refractivity contribution in [3.8, 4) is 0 Å². The van der Waals surface area contributed by atoms with E-state index in [2.05, 4.69) is 15.6 Å². The highest BCUT2D eigenvalue weighted by Gasteiger charge is 2.13. The van der Waals surface area contributed by atoms with Gasteiger partial charge >= 0.3 is 0 Å². The summed E-state index contributed by atoms with van der Waals surface area (Å²) < 4.78 is 14.8. The highest BCUT2D eigenvalue weighted by atomic mass is 19.1. The van der Waals surface area contributed by atoms with Gasteiger partial charge in [0, 0.05) is 23.1 Å². The number of nitrogens with zero attached hydrogens (tertiary/aromatic N) is 2. The van der Waals surface area contributed by atoms with Crippen LogP contribution < -0.4 is 16.2 Å². The van der Waals surface area contributed by atoms with Crippen molar-refractivity contribution in [3.63, 3.8) is 0 Å². The lowest BCUT2D eigenvalue weighted by molar-refractivity contribution is -0.116. The van der Waals surface area contributed by atoms with Gasteiger partial charge in [0.25, 0.3) is 5.56 Å². The van der Waals surface area contributed by atoms with E-state index in [1.54, 1.807) is 32.0 Å². The van der Waals surface area contributed by atoms with Gasteiger partial charge in [-0.3, -0.25) is 14.2 Å². The van der Waals surface area contributed by atoms with E-state index >= 15 is 0 Å². The van der Waals surface area contributed by atoms with Gasteiger partial charge in [0.2, 0.25) is 11.9 Å². The van der Waals surface area contributed by atoms with Gasteiger partial charge in [-0.25, -0.2) is 9.37 Å². The second-order valence-corrected chi connectivity index (χ2v) is 6.84. The molecule has 0 radical (unpaired) electrons. The van der Waals surface area contributed by atoms with Gasteiger partial charge in [-0.1, -0.05) is 19.1 Å². The SMILES string of the molecule is CCc1cccc(NC(=O)Cn2c(Nc3ccc(F)c(C)c3)nc(C)cc2=O)c1. The van der Waals surface area contributed by atoms with Crippen molar-refractivity contribution in [2.75, 3.05) is 10.6 Å². The van der Waals surface area contributed by atoms with Gasteiger partial charge in [-0.2, -0.15) is 0 Å². The van der Waals surface area contributed by atoms with E-state index < -0.39 is 0 Å². The van der Waals surface area contributed by atoms with E-state index in [1.807, 2.05) is 25.1 Å². The van der Waals surface area contributed by atoms with E-state index in [4.69, 9.17) is 0 Å². The molecule has 1 aromatic heterocycles. The molecule has 7 heteroatoms. The number of carbonyl (C=O) groups is 1. The molecule has 0 atom stereocenters. The summed E-state index contributed by atoms with van der Waals surface area (Å²) in [6.45, 7) is 5.18. The van der Waals surface area contributed by atoms with Crippen molar-refractivity contribution in [1.82, 2.24) is 9.55 Å². The molecule has 1 heterocycles. The van der Waals surface area contributed by atoms with E-state index in [1.165, 1.54) is 16.7 Å². The number of nitrogens with one attached hydrogen (secondary N) is 2. The van der Waals surface area contributed by atoms with Crippen molar-refractivity contribution in [3.05, 3.63) is 81.5 Å². The van der Waals surface area contributed by atoms with Crippen molar-refractivity contribution in [2.45, 2.75) is 33.7 Å². The molecule has 0 unspecified atom stereocenters. The lowest BCUT2D eigenvalue weighted by Crippen LogP contribution is -2.30. The quantitative estimate of drug-likeness (QED) is 0.664. The number of halogens is 1. The van der Waals surface area contributed by atoms with E-state index in [0.717, 1.165) is 12.0 Å². The van der Waals surface area contributed by atoms with Crippen LogP contribution in [-0.2, 0) is 17.8 Å². The number of hydrogen-bond acceptors (Lipinski definition) is 4. The van der Waals surface area contributed by atoms with Gasteiger partial charge in [0.1, 0.15) is 12.4 Å². The van der Waals surface area contributed by atoms with Crippen molar-refractivity contribution in [1.29, 1.82) is 0 Å². The van der Waals surface area contributed by atoms with E-state index in [9.17, 15) is 14.0 Å². The zero-order chi connectivity index (χ0) is 21.0. The Kier molecular flexibility index (Phi) is 6.07. The first kappa shape index (κ1) is 20.3. The molecule has 0 saturated heterocycles. The summed E-state index contributed by atoms with van der Waals surface area (Å²) in [7, 11) is 0. The van der Waals surface area contributed by atoms with Crippen LogP contribution in [0.2, 0.25) is 0 Å². The highest BCUT2D eigenvalue weighted by Crippen LogP contribution is 2.18. The fourth-order valence-corrected chi connectivity index (χ4v) is 2.93. The third-order valence-corrected chi connectivity index (χ3v) is 4.47. The van der Waals surface area contributed by atoms with Crippen LogP contribution >= 0.6 is 0 Å². The van der Waals surface area contributed by atoms with E-state index in [-0.39, 0.29) is 29.8 Å². The Morgan fingerprint density at radius 3 is 2.62 bits per heavy atom. The summed E-state index contributed by atoms with van der Waals surface area (Å²) in [5.74, 6) is -0.443. The Hall–Kier alpha value is -3.48. The van der Waals surface area contributed by atoms with Gasteiger partial charge in [0.05, 0.1) is 0 Å². The molecule has 3 aromatic rings. The summed E-state index contributed by atoms with van der Waals surface area (Å²) in [6, 6.07) is 13.4. The maximum absolute atomic E-state index is 13.5. The van der Waals surface area contributed by atoms with Crippen LogP contribution in [0, 0.1) is 19.7 Å². The Bertz CT molecular complexity index is 1110. The third kappa shape index (κ3) is 5.07. The lowest BCUT2D eigenvalue weighted by atomic mass is 10.1. The van der Waals surface area contributed by atoms with Crippen LogP contribution in [-0.4, -0.2) is 15.5 Å². The zero-order valence-corrected chi connectivity index (χ0v) is 16.6. The van der Waals surface area contributed by atoms with Crippen molar-refractivity contribution in [2.24, 2.45) is 0 Å². The summed E-state index contributed by atoms with van der Waals surface area (Å²) in [6.07, 6.45) is 0.857. The number of anilines is 3. The first-order valence-corrected chi connectivity index (χ1v) is 9.36. The minimum atomic E-state index is -0.351. The fourth-order valence-electron chi connectivity index (χ4n) is 2.93. The number of carbonyl (C=O) groups excluding carboxylic acids is 1. The molecule has 6 nitrogen and oxygen atoms in total. The predicted octanol–water partition coefficient (Wildman–Crippen LogP) is 3.94. The molecule has 1 amide bonds. The van der Waals surface area contributed by atoms with Crippen LogP contribution in [0.5, 0.6) is 0 Å². The first-order chi connectivity index (χ1) is 13.9. The van der Waals surface area contributed by atoms with Crippen LogP contribution in [0.25, 0.3) is 0 Å². The average Bonchev–Trinajstić information content (AvgIpc) is 2.67. The molecule has 0 saturated carbocycles. The van der Waals surface area contributed by atoms with Crippen LogP contribution in [0.3, 0.4) is 0 Å². The lowest BCUT2D eigenvalue weighted by Gasteiger charge is -2.15. The molecule has 0 aliphatic carbocycles. The molecular weight excluding hydrogens is 371 g/mol. The predicted molar refractivity (Wildman–Crippen MR) is 112 cm³/mol. The Morgan fingerprint density at radius 2 is 1.90 bits per heavy atom. The number of aryl methyl sites for hydroxylation is 3. The van der Waals surface area contributed by atoms with Gasteiger partial charge in [-0.05, 0) is 61.7 Å². The topological polar surface area (TPSA) is 76.0 Å². The zero-order valence-electron chi connectivity index (χ0n) is 16.6. The molecular formula is C22H23FN4O2. The maximum atomic E-state index is 13.5. The smallest absolute Gasteiger partial charge is 0.255 e. The van der Waals surface area contributed by atoms with Crippen molar-refractivity contribution < 1.29 is 9.18 Å². The van der Waals surface area contributed by atoms with Crippen molar-refractivity contribution >= 4 is 23.2 Å². The number of aromatic nitrogens is 2. The maximum Gasteiger partial charge on any atom is 0.255 e. The molecule has 0 spiro atoms. The fraction of sp³-hybridized carbons (Fsp3) is 0.227. The molecule has 29 heavy (non-hydrogen) atoms. The first-order valence-electron chi connectivity index (χ1n) is 9.36. The summed E-state index contributed by atoms with van der Waals surface area (Å²) in [4.78, 5) is 29.4. The third-order valence-electron chi connectivity index (χ3n) is 4.47. The normalized spacial score (nSPS) is 10.6. The van der Waals surface area contributed by atoms with Gasteiger partial charge < -0.3 is 10.6 Å². The highest BCUT2D eigenvalue weighted by molar-refractivity contribution is 5.90. The van der Waals surface area contributed by atoms with Gasteiger partial charge in [0.15, 0.2) is 0 Å². The molecule has 2 aromatic carbocycles. The Labute approximate surface area is 168 Å². The Morgan fingerprint density at radius 1 is 1.10 bits per heavy atom. The summed E-state index contributed by atoms with van der Waals surface area (Å²) in [5, 5.41) is 5.83. The summed E-state index contributed by atoms with van der Waals surface area (Å²) >= 11 is 0. The second kappa shape index (κ2) is 8.68. The number of benzene rings is 2. The standard InChI is InChI=1S/C22H23FN4O2/c1-4-16-6-5-7-17(12-16)25-20(28)13-27-21(29)11-15(3)24-22(27)26-18-8-9-19(23)14(2)10-18/h5-12H,4,13H2,1-3H3,(H,24,26)(H,25,28). The molecule has 0 fully saturated rings. The molecule has 3 rings (SSSR count). The molecule has 0 bridgehead atoms. The van der Waals surface area contributed by atoms with Crippen LogP contribution in [0.4, 0.5) is 21.7 Å². The monoisotopic (exact) mass is 394 g/mol. The van der Waals surface area contributed by atoms with Crippen LogP contribution in [0.15, 0.2) is 53.3 Å². The Balaban J connectivity index is 1.85. The largest absolute Gasteiger partial charge is 0.326 e. The van der Waals surface area contributed by atoms with E-state index in [0.29, 0.717) is 22.6 Å². The second-order valence-electron chi connectivity index (χ2n) is 6.84. The minimum absolute atomic E-state index is 0.203. The molecule has 0 aliphatic rings. The van der Waals surface area contributed by atoms with Crippen LogP contribution in [0.1, 0.15) is 23.7 Å². The number of rotatable bonds is 6. The number of amides is 1. The average molecular weight is 394 g/mol. The van der Waals surface area contributed by atoms with Gasteiger partial charge in [-0.15, -0.1) is 0 Å². The number of hydrogen-bond donors (Lipinski definition) is 2. The minimum Gasteiger partial charge on any atom is -0.326 e. The molecule has 0 aliphatic heterocycles. The molecule has 150 valence electrons. The summed E-state index contributed by atoms with van der Waals surface area (Å²) in [5.41, 5.74) is 2.98. The molecule has 2 N–H and O–H groups in total.